The van der Waals surface area contributed by atoms with Crippen LogP contribution in [-0.4, -0.2) is 28.6 Å². The highest BCUT2D eigenvalue weighted by atomic mass is 32.2. The Bertz CT molecular complexity index is 609. The molecule has 0 aromatic carbocycles. The van der Waals surface area contributed by atoms with Crippen LogP contribution in [0.25, 0.3) is 5.70 Å². The highest BCUT2D eigenvalue weighted by Gasteiger charge is 2.22. The van der Waals surface area contributed by atoms with Gasteiger partial charge in [0, 0.05) is 12.5 Å². The molecule has 0 spiro atoms. The van der Waals surface area contributed by atoms with Gasteiger partial charge in [0.1, 0.15) is 11.0 Å². The summed E-state index contributed by atoms with van der Waals surface area (Å²) in [4.78, 5) is 4.53. The zero-order chi connectivity index (χ0) is 14.8. The second kappa shape index (κ2) is 5.72. The summed E-state index contributed by atoms with van der Waals surface area (Å²) >= 11 is 1.06. The molecule has 0 fully saturated rings. The first kappa shape index (κ1) is 16.3. The Morgan fingerprint density at radius 3 is 2.42 bits per heavy atom. The molecule has 1 rings (SSSR count). The summed E-state index contributed by atoms with van der Waals surface area (Å²) in [6, 6.07) is 0. The Balaban J connectivity index is 3.01. The van der Waals surface area contributed by atoms with Crippen molar-refractivity contribution in [3.05, 3.63) is 17.2 Å². The van der Waals surface area contributed by atoms with Crippen LogP contribution < -0.4 is 4.72 Å². The molecule has 1 heterocycles. The second-order valence-corrected chi connectivity index (χ2v) is 10.1. The molecule has 0 aliphatic carbocycles. The van der Waals surface area contributed by atoms with Gasteiger partial charge in [-0.2, -0.15) is 0 Å². The van der Waals surface area contributed by atoms with Gasteiger partial charge in [-0.15, -0.1) is 11.3 Å². The molecule has 19 heavy (non-hydrogen) atoms. The normalized spacial score (nSPS) is 15.3. The average Bonchev–Trinajstić information content (AvgIpc) is 2.72. The molecule has 0 saturated carbocycles. The topological polar surface area (TPSA) is 76.1 Å². The van der Waals surface area contributed by atoms with Crippen LogP contribution in [0.2, 0.25) is 0 Å². The van der Waals surface area contributed by atoms with E-state index in [4.69, 9.17) is 0 Å². The molecule has 0 radical (unpaired) electrons. The highest BCUT2D eigenvalue weighted by Crippen LogP contribution is 2.24. The summed E-state index contributed by atoms with van der Waals surface area (Å²) in [5.41, 5.74) is 0.626. The summed E-state index contributed by atoms with van der Waals surface area (Å²) in [5, 5.41) is 0. The van der Waals surface area contributed by atoms with Crippen LogP contribution in [-0.2, 0) is 20.8 Å². The third-order valence-electron chi connectivity index (χ3n) is 2.11. The van der Waals surface area contributed by atoms with Gasteiger partial charge in [0.2, 0.25) is 14.2 Å². The molecule has 0 aliphatic rings. The van der Waals surface area contributed by atoms with E-state index in [1.807, 2.05) is 20.8 Å². The van der Waals surface area contributed by atoms with E-state index in [1.54, 1.807) is 13.0 Å². The van der Waals surface area contributed by atoms with Crippen molar-refractivity contribution in [3.63, 3.8) is 0 Å². The second-order valence-electron chi connectivity index (χ2n) is 4.95. The molecular weight excluding hydrogens is 304 g/mol. The van der Waals surface area contributed by atoms with E-state index in [0.29, 0.717) is 10.6 Å². The van der Waals surface area contributed by atoms with Crippen molar-refractivity contribution in [1.82, 2.24) is 9.71 Å². The quantitative estimate of drug-likeness (QED) is 0.919. The first-order valence-corrected chi connectivity index (χ1v) is 9.42. The Morgan fingerprint density at radius 1 is 1.47 bits per heavy atom. The monoisotopic (exact) mass is 322 g/mol. The third-order valence-corrected chi connectivity index (χ3v) is 6.36. The molecule has 1 atom stereocenters. The van der Waals surface area contributed by atoms with Crippen LogP contribution in [0.3, 0.4) is 0 Å². The molecule has 1 aromatic rings. The Labute approximate surface area is 120 Å². The third kappa shape index (κ3) is 4.39. The van der Waals surface area contributed by atoms with E-state index in [2.05, 4.69) is 9.71 Å². The van der Waals surface area contributed by atoms with Crippen molar-refractivity contribution in [3.8, 4) is 0 Å². The van der Waals surface area contributed by atoms with Gasteiger partial charge in [0.05, 0.1) is 15.3 Å². The number of rotatable bonds is 4. The SMILES string of the molecule is CC=C(NS(=O)C(C)(C)C)c1cnc(S(C)(=O)=O)s1. The van der Waals surface area contributed by atoms with Crippen LogP contribution >= 0.6 is 11.3 Å². The minimum atomic E-state index is -3.30. The summed E-state index contributed by atoms with van der Waals surface area (Å²) in [6.45, 7) is 7.37. The zero-order valence-electron chi connectivity index (χ0n) is 11.6. The Kier molecular flexibility index (Phi) is 4.91. The van der Waals surface area contributed by atoms with Gasteiger partial charge in [-0.3, -0.25) is 0 Å². The molecule has 0 bridgehead atoms. The van der Waals surface area contributed by atoms with Crippen LogP contribution in [0.15, 0.2) is 16.6 Å². The maximum absolute atomic E-state index is 12.0. The fraction of sp³-hybridized carbons (Fsp3) is 0.545. The van der Waals surface area contributed by atoms with E-state index in [9.17, 15) is 12.6 Å². The predicted octanol–water partition coefficient (Wildman–Crippen LogP) is 1.96. The lowest BCUT2D eigenvalue weighted by molar-refractivity contribution is 0.601. The largest absolute Gasteiger partial charge is 0.304 e. The summed E-state index contributed by atoms with van der Waals surface area (Å²) in [7, 11) is -4.57. The molecule has 108 valence electrons. The number of hydrogen-bond donors (Lipinski definition) is 1. The van der Waals surface area contributed by atoms with Crippen molar-refractivity contribution in [2.75, 3.05) is 6.26 Å². The van der Waals surface area contributed by atoms with Crippen molar-refractivity contribution >= 4 is 37.9 Å². The van der Waals surface area contributed by atoms with Gasteiger partial charge < -0.3 is 4.72 Å². The number of thiazole rings is 1. The first-order chi connectivity index (χ1) is 8.55. The van der Waals surface area contributed by atoms with Gasteiger partial charge in [0.15, 0.2) is 0 Å². The summed E-state index contributed by atoms with van der Waals surface area (Å²) in [6.07, 6.45) is 4.35. The molecule has 1 aromatic heterocycles. The predicted molar refractivity (Wildman–Crippen MR) is 79.9 cm³/mol. The molecule has 5 nitrogen and oxygen atoms in total. The average molecular weight is 322 g/mol. The van der Waals surface area contributed by atoms with Crippen molar-refractivity contribution in [2.24, 2.45) is 0 Å². The highest BCUT2D eigenvalue weighted by molar-refractivity contribution is 7.92. The smallest absolute Gasteiger partial charge is 0.209 e. The lowest BCUT2D eigenvalue weighted by Crippen LogP contribution is -2.32. The van der Waals surface area contributed by atoms with E-state index in [1.165, 1.54) is 6.20 Å². The number of nitrogens with one attached hydrogen (secondary N) is 1. The molecular formula is C11H18N2O3S3. The van der Waals surface area contributed by atoms with Crippen LogP contribution in [0.5, 0.6) is 0 Å². The van der Waals surface area contributed by atoms with Crippen LogP contribution in [0.1, 0.15) is 32.6 Å². The maximum atomic E-state index is 12.0. The number of nitrogens with zero attached hydrogens (tertiary/aromatic N) is 1. The van der Waals surface area contributed by atoms with Gasteiger partial charge in [-0.1, -0.05) is 6.08 Å². The number of sulfone groups is 1. The number of hydrogen-bond acceptors (Lipinski definition) is 5. The minimum absolute atomic E-state index is 0.0604. The molecule has 1 N–H and O–H groups in total. The van der Waals surface area contributed by atoms with Crippen LogP contribution in [0, 0.1) is 0 Å². The van der Waals surface area contributed by atoms with E-state index in [0.717, 1.165) is 17.6 Å². The fourth-order valence-corrected chi connectivity index (χ4v) is 3.65. The lowest BCUT2D eigenvalue weighted by Gasteiger charge is -2.19. The zero-order valence-corrected chi connectivity index (χ0v) is 14.0. The van der Waals surface area contributed by atoms with E-state index in [-0.39, 0.29) is 4.34 Å². The van der Waals surface area contributed by atoms with Gasteiger partial charge in [-0.05, 0) is 27.7 Å². The summed E-state index contributed by atoms with van der Waals surface area (Å²) < 4.78 is 37.4. The number of allylic oxidation sites excluding steroid dienone is 1. The molecule has 0 aliphatic heterocycles. The first-order valence-electron chi connectivity index (χ1n) is 5.57. The van der Waals surface area contributed by atoms with Gasteiger partial charge in [0.25, 0.3) is 0 Å². The lowest BCUT2D eigenvalue weighted by atomic mass is 10.3. The number of aromatic nitrogens is 1. The van der Waals surface area contributed by atoms with Crippen LogP contribution in [0.4, 0.5) is 0 Å². The molecule has 0 amide bonds. The van der Waals surface area contributed by atoms with Crippen molar-refractivity contribution < 1.29 is 12.6 Å². The fourth-order valence-electron chi connectivity index (χ4n) is 1.06. The molecule has 1 unspecified atom stereocenters. The van der Waals surface area contributed by atoms with Gasteiger partial charge >= 0.3 is 0 Å². The van der Waals surface area contributed by atoms with E-state index < -0.39 is 25.6 Å². The van der Waals surface area contributed by atoms with Crippen molar-refractivity contribution in [2.45, 2.75) is 36.8 Å². The molecule has 0 saturated heterocycles. The van der Waals surface area contributed by atoms with E-state index >= 15 is 0 Å². The maximum Gasteiger partial charge on any atom is 0.209 e. The Hall–Kier alpha value is -0.730. The summed E-state index contributed by atoms with van der Waals surface area (Å²) in [5.74, 6) is 0. The van der Waals surface area contributed by atoms with Crippen molar-refractivity contribution in [1.29, 1.82) is 0 Å². The van der Waals surface area contributed by atoms with Gasteiger partial charge in [-0.25, -0.2) is 17.6 Å². The standard InChI is InChI=1S/C11H18N2O3S3/c1-6-8(13-18(14)11(2,3)4)9-7-12-10(17-9)19(5,15)16/h6-7,13H,1-5H3. The Morgan fingerprint density at radius 2 is 2.05 bits per heavy atom. The minimum Gasteiger partial charge on any atom is -0.304 e. The molecule has 8 heteroatoms.